The SMILES string of the molecule is Cc1cccc(-c2nc(CC(=O)O[C@@H](C)C(=O)c3c[nH]c4ccccc34)cs2)c1. The molecule has 0 aliphatic carbocycles. The van der Waals surface area contributed by atoms with Crippen molar-refractivity contribution in [1.82, 2.24) is 9.97 Å². The Balaban J connectivity index is 1.41. The number of carbonyl (C=O) groups is 2. The quantitative estimate of drug-likeness (QED) is 0.364. The maximum absolute atomic E-state index is 12.7. The number of aryl methyl sites for hydroxylation is 1. The van der Waals surface area contributed by atoms with Crippen LogP contribution >= 0.6 is 11.3 Å². The molecule has 1 atom stereocenters. The highest BCUT2D eigenvalue weighted by Crippen LogP contribution is 2.25. The van der Waals surface area contributed by atoms with Gasteiger partial charge in [-0.1, -0.05) is 42.0 Å². The molecule has 0 saturated carbocycles. The number of esters is 1. The number of aromatic nitrogens is 2. The molecule has 0 saturated heterocycles. The van der Waals surface area contributed by atoms with E-state index in [9.17, 15) is 9.59 Å². The molecule has 0 aliphatic heterocycles. The van der Waals surface area contributed by atoms with Gasteiger partial charge in [0.25, 0.3) is 0 Å². The van der Waals surface area contributed by atoms with Crippen LogP contribution in [0.15, 0.2) is 60.1 Å². The van der Waals surface area contributed by atoms with E-state index in [-0.39, 0.29) is 12.2 Å². The molecule has 0 unspecified atom stereocenters. The van der Waals surface area contributed by atoms with E-state index in [1.54, 1.807) is 13.1 Å². The monoisotopic (exact) mass is 404 g/mol. The van der Waals surface area contributed by atoms with Crippen LogP contribution in [-0.2, 0) is 16.0 Å². The molecular weight excluding hydrogens is 384 g/mol. The zero-order valence-electron chi connectivity index (χ0n) is 16.1. The topological polar surface area (TPSA) is 72.0 Å². The third-order valence-corrected chi connectivity index (χ3v) is 5.61. The predicted molar refractivity (Wildman–Crippen MR) is 114 cm³/mol. The summed E-state index contributed by atoms with van der Waals surface area (Å²) in [5.74, 6) is -0.693. The largest absolute Gasteiger partial charge is 0.454 e. The van der Waals surface area contributed by atoms with Gasteiger partial charge in [-0.2, -0.15) is 0 Å². The van der Waals surface area contributed by atoms with Gasteiger partial charge < -0.3 is 9.72 Å². The number of ether oxygens (including phenoxy) is 1. The smallest absolute Gasteiger partial charge is 0.312 e. The average Bonchev–Trinajstić information content (AvgIpc) is 3.34. The lowest BCUT2D eigenvalue weighted by atomic mass is 10.1. The molecule has 4 aromatic rings. The van der Waals surface area contributed by atoms with Gasteiger partial charge in [-0.3, -0.25) is 9.59 Å². The van der Waals surface area contributed by atoms with Crippen molar-refractivity contribution in [2.24, 2.45) is 0 Å². The first-order valence-electron chi connectivity index (χ1n) is 9.32. The van der Waals surface area contributed by atoms with E-state index in [1.165, 1.54) is 11.3 Å². The maximum Gasteiger partial charge on any atom is 0.312 e. The summed E-state index contributed by atoms with van der Waals surface area (Å²) >= 11 is 1.49. The molecule has 2 aromatic heterocycles. The Hall–Kier alpha value is -3.25. The van der Waals surface area contributed by atoms with Gasteiger partial charge in [0, 0.05) is 33.6 Å². The molecule has 1 N–H and O–H groups in total. The molecule has 0 fully saturated rings. The predicted octanol–water partition coefficient (Wildman–Crippen LogP) is 4.96. The molecule has 0 radical (unpaired) electrons. The third-order valence-electron chi connectivity index (χ3n) is 4.67. The molecule has 6 heteroatoms. The zero-order chi connectivity index (χ0) is 20.4. The first kappa shape index (κ1) is 19.1. The van der Waals surface area contributed by atoms with Gasteiger partial charge in [-0.05, 0) is 26.0 Å². The van der Waals surface area contributed by atoms with Crippen LogP contribution in [0.3, 0.4) is 0 Å². The van der Waals surface area contributed by atoms with Gasteiger partial charge in [0.15, 0.2) is 6.10 Å². The molecule has 0 spiro atoms. The van der Waals surface area contributed by atoms with Crippen LogP contribution in [0.1, 0.15) is 28.5 Å². The number of Topliss-reactive ketones (excluding diaryl/α,β-unsaturated/α-hetero) is 1. The minimum absolute atomic E-state index is 0.0355. The zero-order valence-corrected chi connectivity index (χ0v) is 17.0. The van der Waals surface area contributed by atoms with Crippen molar-refractivity contribution in [3.8, 4) is 10.6 Å². The van der Waals surface area contributed by atoms with Gasteiger partial charge in [-0.15, -0.1) is 11.3 Å². The summed E-state index contributed by atoms with van der Waals surface area (Å²) in [7, 11) is 0. The second-order valence-electron chi connectivity index (χ2n) is 6.93. The van der Waals surface area contributed by atoms with Gasteiger partial charge in [-0.25, -0.2) is 4.98 Å². The standard InChI is InChI=1S/C23H20N2O3S/c1-14-6-5-7-16(10-14)23-25-17(13-29-23)11-21(26)28-15(2)22(27)19-12-24-20-9-4-3-8-18(19)20/h3-10,12-13,15,24H,11H2,1-2H3/t15-/m0/s1. The minimum Gasteiger partial charge on any atom is -0.454 e. The number of hydrogen-bond donors (Lipinski definition) is 1. The molecule has 0 aliphatic rings. The lowest BCUT2D eigenvalue weighted by Crippen LogP contribution is -2.25. The van der Waals surface area contributed by atoms with Crippen molar-refractivity contribution in [2.75, 3.05) is 0 Å². The van der Waals surface area contributed by atoms with Gasteiger partial charge in [0.1, 0.15) is 5.01 Å². The van der Waals surface area contributed by atoms with E-state index in [0.717, 1.165) is 27.0 Å². The number of ketones is 1. The number of hydrogen-bond acceptors (Lipinski definition) is 5. The summed E-state index contributed by atoms with van der Waals surface area (Å²) in [6.45, 7) is 3.63. The molecule has 146 valence electrons. The highest BCUT2D eigenvalue weighted by atomic mass is 32.1. The summed E-state index contributed by atoms with van der Waals surface area (Å²) in [6, 6.07) is 15.6. The number of H-pyrrole nitrogens is 1. The maximum atomic E-state index is 12.7. The summed E-state index contributed by atoms with van der Waals surface area (Å²) in [6.07, 6.45) is 0.830. The van der Waals surface area contributed by atoms with Crippen LogP contribution in [0.4, 0.5) is 0 Å². The molecule has 4 rings (SSSR count). The van der Waals surface area contributed by atoms with Crippen molar-refractivity contribution in [1.29, 1.82) is 0 Å². The van der Waals surface area contributed by atoms with E-state index < -0.39 is 12.1 Å². The molecule has 5 nitrogen and oxygen atoms in total. The molecule has 2 heterocycles. The fourth-order valence-electron chi connectivity index (χ4n) is 3.23. The summed E-state index contributed by atoms with van der Waals surface area (Å²) < 4.78 is 5.39. The van der Waals surface area contributed by atoms with Gasteiger partial charge >= 0.3 is 5.97 Å². The van der Waals surface area contributed by atoms with Crippen molar-refractivity contribution in [3.63, 3.8) is 0 Å². The van der Waals surface area contributed by atoms with Crippen LogP contribution in [0, 0.1) is 6.92 Å². The van der Waals surface area contributed by atoms with Crippen molar-refractivity contribution in [3.05, 3.63) is 76.9 Å². The van der Waals surface area contributed by atoms with Crippen LogP contribution in [0.5, 0.6) is 0 Å². The Labute approximate surface area is 172 Å². The van der Waals surface area contributed by atoms with Crippen LogP contribution < -0.4 is 0 Å². The fourth-order valence-corrected chi connectivity index (χ4v) is 4.05. The lowest BCUT2D eigenvalue weighted by Gasteiger charge is -2.11. The first-order chi connectivity index (χ1) is 14.0. The Bertz CT molecular complexity index is 1190. The number of carbonyl (C=O) groups excluding carboxylic acids is 2. The number of benzene rings is 2. The molecular formula is C23H20N2O3S. The van der Waals surface area contributed by atoms with E-state index in [1.807, 2.05) is 54.8 Å². The normalized spacial score (nSPS) is 12.1. The fraction of sp³-hybridized carbons (Fsp3) is 0.174. The summed E-state index contributed by atoms with van der Waals surface area (Å²) in [5, 5.41) is 3.53. The number of thiazole rings is 1. The number of nitrogens with zero attached hydrogens (tertiary/aromatic N) is 1. The van der Waals surface area contributed by atoms with Gasteiger partial charge in [0.05, 0.1) is 12.1 Å². The molecule has 0 amide bonds. The summed E-state index contributed by atoms with van der Waals surface area (Å²) in [5.41, 5.74) is 4.22. The number of aromatic amines is 1. The Morgan fingerprint density at radius 2 is 2.00 bits per heavy atom. The highest BCUT2D eigenvalue weighted by molar-refractivity contribution is 7.13. The molecule has 0 bridgehead atoms. The van der Waals surface area contributed by atoms with Gasteiger partial charge in [0.2, 0.25) is 5.78 Å². The van der Waals surface area contributed by atoms with E-state index >= 15 is 0 Å². The minimum atomic E-state index is -0.864. The first-order valence-corrected chi connectivity index (χ1v) is 10.2. The Kier molecular flexibility index (Phi) is 5.27. The van der Waals surface area contributed by atoms with Crippen molar-refractivity contribution >= 4 is 34.0 Å². The van der Waals surface area contributed by atoms with Crippen LogP contribution in [0.25, 0.3) is 21.5 Å². The second kappa shape index (κ2) is 8.01. The van der Waals surface area contributed by atoms with Crippen LogP contribution in [0.2, 0.25) is 0 Å². The van der Waals surface area contributed by atoms with Crippen LogP contribution in [-0.4, -0.2) is 27.8 Å². The Morgan fingerprint density at radius 3 is 2.83 bits per heavy atom. The van der Waals surface area contributed by atoms with Crippen molar-refractivity contribution in [2.45, 2.75) is 26.4 Å². The van der Waals surface area contributed by atoms with E-state index in [4.69, 9.17) is 4.74 Å². The third kappa shape index (κ3) is 4.12. The lowest BCUT2D eigenvalue weighted by molar-refractivity contribution is -0.145. The number of nitrogens with one attached hydrogen (secondary N) is 1. The second-order valence-corrected chi connectivity index (χ2v) is 7.79. The number of rotatable bonds is 6. The Morgan fingerprint density at radius 1 is 1.17 bits per heavy atom. The van der Waals surface area contributed by atoms with E-state index in [0.29, 0.717) is 11.3 Å². The van der Waals surface area contributed by atoms with Crippen molar-refractivity contribution < 1.29 is 14.3 Å². The summed E-state index contributed by atoms with van der Waals surface area (Å²) in [4.78, 5) is 32.7. The highest BCUT2D eigenvalue weighted by Gasteiger charge is 2.22. The molecule has 2 aromatic carbocycles. The van der Waals surface area contributed by atoms with E-state index in [2.05, 4.69) is 16.0 Å². The molecule has 29 heavy (non-hydrogen) atoms. The average molecular weight is 404 g/mol. The number of fused-ring (bicyclic) bond motifs is 1. The number of para-hydroxylation sites is 1.